The van der Waals surface area contributed by atoms with E-state index in [1.807, 2.05) is 6.07 Å². The van der Waals surface area contributed by atoms with Gasteiger partial charge in [0.25, 0.3) is 10.0 Å². The number of ether oxygens (including phenoxy) is 1. The highest BCUT2D eigenvalue weighted by Gasteiger charge is 2.37. The highest BCUT2D eigenvalue weighted by molar-refractivity contribution is 7.90. The predicted octanol–water partition coefficient (Wildman–Crippen LogP) is 2.03. The maximum Gasteiger partial charge on any atom is 0.340 e. The van der Waals surface area contributed by atoms with E-state index < -0.39 is 27.8 Å². The van der Waals surface area contributed by atoms with Crippen molar-refractivity contribution in [2.75, 3.05) is 24.6 Å². The molecule has 3 rings (SSSR count). The number of aromatic nitrogens is 1. The van der Waals surface area contributed by atoms with E-state index in [0.29, 0.717) is 11.5 Å². The van der Waals surface area contributed by atoms with Gasteiger partial charge in [0.1, 0.15) is 11.9 Å². The van der Waals surface area contributed by atoms with Gasteiger partial charge in [0.2, 0.25) is 5.91 Å². The highest BCUT2D eigenvalue weighted by atomic mass is 35.5. The molecule has 1 aromatic carbocycles. The molecule has 1 fully saturated rings. The Morgan fingerprint density at radius 1 is 1.35 bits per heavy atom. The summed E-state index contributed by atoms with van der Waals surface area (Å²) in [6.45, 7) is 3.85. The smallest absolute Gasteiger partial charge is 0.340 e. The van der Waals surface area contributed by atoms with Gasteiger partial charge in [-0.3, -0.25) is 4.79 Å². The van der Waals surface area contributed by atoms with Crippen LogP contribution in [0.15, 0.2) is 35.2 Å². The molecular weight excluding hydrogens is 444 g/mol. The summed E-state index contributed by atoms with van der Waals surface area (Å²) in [5.74, 6) is -1.50. The molecule has 2 heterocycles. The van der Waals surface area contributed by atoms with Crippen LogP contribution in [0.4, 0.5) is 5.82 Å². The second-order valence-electron chi connectivity index (χ2n) is 6.85. The van der Waals surface area contributed by atoms with Crippen LogP contribution in [0.2, 0.25) is 5.02 Å². The third-order valence-electron chi connectivity index (χ3n) is 4.70. The molecule has 1 aromatic heterocycles. The Morgan fingerprint density at radius 2 is 2.06 bits per heavy atom. The number of carbonyl (C=O) groups excluding carboxylic acids is 2. The zero-order chi connectivity index (χ0) is 22.8. The number of nitriles is 1. The zero-order valence-corrected chi connectivity index (χ0v) is 18.3. The number of carbonyl (C=O) groups is 2. The summed E-state index contributed by atoms with van der Waals surface area (Å²) in [6.07, 6.45) is 0. The predicted molar refractivity (Wildman–Crippen MR) is 112 cm³/mol. The Morgan fingerprint density at radius 3 is 2.68 bits per heavy atom. The molecule has 1 aliphatic heterocycles. The largest absolute Gasteiger partial charge is 0.462 e. The minimum atomic E-state index is -4.05. The van der Waals surface area contributed by atoms with Crippen molar-refractivity contribution >= 4 is 39.3 Å². The summed E-state index contributed by atoms with van der Waals surface area (Å²) in [5, 5.41) is 9.69. The number of esters is 1. The van der Waals surface area contributed by atoms with Crippen molar-refractivity contribution < 1.29 is 22.7 Å². The quantitative estimate of drug-likeness (QED) is 0.645. The number of benzene rings is 1. The summed E-state index contributed by atoms with van der Waals surface area (Å²) < 4.78 is 31.8. The van der Waals surface area contributed by atoms with Crippen molar-refractivity contribution in [3.63, 3.8) is 0 Å². The SMILES string of the molecule is CCOC(=O)c1cc(C#N)c(N2CC(C(=O)NS(=O)(=O)c3cccc(Cl)c3)C2)nc1C. The fourth-order valence-corrected chi connectivity index (χ4v) is 4.40. The molecule has 0 bridgehead atoms. The molecule has 0 spiro atoms. The normalized spacial score (nSPS) is 13.8. The maximum absolute atomic E-state index is 12.4. The second-order valence-corrected chi connectivity index (χ2v) is 8.97. The minimum absolute atomic E-state index is 0.108. The van der Waals surface area contributed by atoms with E-state index in [2.05, 4.69) is 9.71 Å². The monoisotopic (exact) mass is 462 g/mol. The molecule has 1 amide bonds. The Bertz CT molecular complexity index is 1190. The lowest BCUT2D eigenvalue weighted by atomic mass is 9.98. The van der Waals surface area contributed by atoms with E-state index in [1.54, 1.807) is 18.7 Å². The second kappa shape index (κ2) is 8.91. The van der Waals surface area contributed by atoms with E-state index in [-0.39, 0.29) is 40.7 Å². The lowest BCUT2D eigenvalue weighted by molar-refractivity contribution is -0.123. The summed E-state index contributed by atoms with van der Waals surface area (Å²) in [6, 6.07) is 9.00. The number of hydrogen-bond acceptors (Lipinski definition) is 8. The van der Waals surface area contributed by atoms with Crippen LogP contribution in [0, 0.1) is 24.2 Å². The van der Waals surface area contributed by atoms with E-state index in [1.165, 1.54) is 30.3 Å². The minimum Gasteiger partial charge on any atom is -0.462 e. The number of nitrogens with zero attached hydrogens (tertiary/aromatic N) is 3. The molecular formula is C20H19ClN4O5S. The highest BCUT2D eigenvalue weighted by Crippen LogP contribution is 2.28. The number of anilines is 1. The van der Waals surface area contributed by atoms with Crippen LogP contribution >= 0.6 is 11.6 Å². The molecule has 9 nitrogen and oxygen atoms in total. The molecule has 0 unspecified atom stereocenters. The summed E-state index contributed by atoms with van der Waals surface area (Å²) in [7, 11) is -4.05. The third-order valence-corrected chi connectivity index (χ3v) is 6.28. The average molecular weight is 463 g/mol. The van der Waals surface area contributed by atoms with Crippen molar-refractivity contribution in [1.29, 1.82) is 5.26 Å². The van der Waals surface area contributed by atoms with Crippen molar-refractivity contribution in [3.8, 4) is 6.07 Å². The van der Waals surface area contributed by atoms with Gasteiger partial charge < -0.3 is 9.64 Å². The molecule has 0 aliphatic carbocycles. The van der Waals surface area contributed by atoms with E-state index >= 15 is 0 Å². The Kier molecular flexibility index (Phi) is 6.48. The van der Waals surface area contributed by atoms with E-state index in [4.69, 9.17) is 16.3 Å². The van der Waals surface area contributed by atoms with Gasteiger partial charge in [0, 0.05) is 18.1 Å². The molecule has 2 aromatic rings. The lowest BCUT2D eigenvalue weighted by Gasteiger charge is -2.39. The average Bonchev–Trinajstić information content (AvgIpc) is 2.66. The standard InChI is InChI=1S/C20H19ClN4O5S/c1-3-30-20(27)17-7-13(9-22)18(23-12(17)2)25-10-14(11-25)19(26)24-31(28,29)16-6-4-5-15(21)8-16/h4-8,14H,3,10-11H2,1-2H3,(H,24,26). The van der Waals surface area contributed by atoms with Crippen LogP contribution in [0.5, 0.6) is 0 Å². The number of halogens is 1. The first-order chi connectivity index (χ1) is 14.7. The first kappa shape index (κ1) is 22.5. The molecule has 162 valence electrons. The van der Waals surface area contributed by atoms with Gasteiger partial charge >= 0.3 is 5.97 Å². The van der Waals surface area contributed by atoms with Crippen LogP contribution in [0.25, 0.3) is 0 Å². The number of aryl methyl sites for hydroxylation is 1. The van der Waals surface area contributed by atoms with E-state index in [0.717, 1.165) is 0 Å². The van der Waals surface area contributed by atoms with Crippen LogP contribution in [0.1, 0.15) is 28.5 Å². The zero-order valence-electron chi connectivity index (χ0n) is 16.8. The molecule has 0 atom stereocenters. The van der Waals surface area contributed by atoms with Crippen LogP contribution < -0.4 is 9.62 Å². The summed E-state index contributed by atoms with van der Waals surface area (Å²) in [4.78, 5) is 30.3. The molecule has 1 aliphatic rings. The van der Waals surface area contributed by atoms with Crippen molar-refractivity contribution in [2.24, 2.45) is 5.92 Å². The molecule has 1 saturated heterocycles. The first-order valence-electron chi connectivity index (χ1n) is 9.32. The van der Waals surface area contributed by atoms with Crippen molar-refractivity contribution in [2.45, 2.75) is 18.7 Å². The van der Waals surface area contributed by atoms with Gasteiger partial charge in [-0.05, 0) is 38.1 Å². The van der Waals surface area contributed by atoms with Crippen molar-refractivity contribution in [3.05, 3.63) is 52.2 Å². The van der Waals surface area contributed by atoms with Crippen LogP contribution in [-0.2, 0) is 19.6 Å². The summed E-state index contributed by atoms with van der Waals surface area (Å²) >= 11 is 5.82. The van der Waals surface area contributed by atoms with Gasteiger partial charge in [-0.2, -0.15) is 5.26 Å². The topological polar surface area (TPSA) is 129 Å². The molecule has 11 heteroatoms. The first-order valence-corrected chi connectivity index (χ1v) is 11.2. The van der Waals surface area contributed by atoms with Crippen LogP contribution in [-0.4, -0.2) is 45.0 Å². The van der Waals surface area contributed by atoms with Gasteiger partial charge in [-0.1, -0.05) is 17.7 Å². The Balaban J connectivity index is 1.71. The number of sulfonamides is 1. The number of pyridine rings is 1. The lowest BCUT2D eigenvalue weighted by Crippen LogP contribution is -2.55. The number of amides is 1. The Labute approximate surface area is 184 Å². The Hall–Kier alpha value is -3.16. The molecule has 0 saturated carbocycles. The van der Waals surface area contributed by atoms with Gasteiger partial charge in [0.05, 0.1) is 34.2 Å². The molecule has 1 N–H and O–H groups in total. The fourth-order valence-electron chi connectivity index (χ4n) is 3.06. The van der Waals surface area contributed by atoms with Crippen molar-refractivity contribution in [1.82, 2.24) is 9.71 Å². The number of nitrogens with one attached hydrogen (secondary N) is 1. The fraction of sp³-hybridized carbons (Fsp3) is 0.300. The van der Waals surface area contributed by atoms with Gasteiger partial charge in [-0.15, -0.1) is 0 Å². The van der Waals surface area contributed by atoms with E-state index in [9.17, 15) is 23.3 Å². The van der Waals surface area contributed by atoms with Gasteiger partial charge in [0.15, 0.2) is 0 Å². The molecule has 0 radical (unpaired) electrons. The van der Waals surface area contributed by atoms with Gasteiger partial charge in [-0.25, -0.2) is 22.9 Å². The molecule has 31 heavy (non-hydrogen) atoms. The maximum atomic E-state index is 12.4. The summed E-state index contributed by atoms with van der Waals surface area (Å²) in [5.41, 5.74) is 0.757. The number of rotatable bonds is 6. The third kappa shape index (κ3) is 4.78. The number of hydrogen-bond donors (Lipinski definition) is 1. The van der Waals surface area contributed by atoms with Crippen LogP contribution in [0.3, 0.4) is 0 Å².